The van der Waals surface area contributed by atoms with Crippen LogP contribution in [0.3, 0.4) is 0 Å². The molecule has 0 spiro atoms. The predicted molar refractivity (Wildman–Crippen MR) is 70.1 cm³/mol. The maximum absolute atomic E-state index is 12.7. The van der Waals surface area contributed by atoms with Crippen molar-refractivity contribution in [2.45, 2.75) is 50.7 Å². The lowest BCUT2D eigenvalue weighted by molar-refractivity contribution is -0.137. The topological polar surface area (TPSA) is 12.0 Å². The largest absolute Gasteiger partial charge is 0.416 e. The molecular formula is C15H20F3N. The number of nitrogens with one attached hydrogen (secondary N) is 1. The lowest BCUT2D eigenvalue weighted by atomic mass is 9.81. The van der Waals surface area contributed by atoms with Gasteiger partial charge in [0.2, 0.25) is 0 Å². The van der Waals surface area contributed by atoms with E-state index in [-0.39, 0.29) is 5.92 Å². The maximum atomic E-state index is 12.7. The SMILES string of the molecule is CCNC1CCCC(c2cccc(C(F)(F)F)c2)C1. The minimum absolute atomic E-state index is 0.250. The van der Waals surface area contributed by atoms with Crippen molar-refractivity contribution in [1.29, 1.82) is 0 Å². The molecule has 0 amide bonds. The molecule has 1 aromatic carbocycles. The Kier molecular flexibility index (Phi) is 4.50. The van der Waals surface area contributed by atoms with Gasteiger partial charge in [0.05, 0.1) is 5.56 Å². The molecule has 2 atom stereocenters. The van der Waals surface area contributed by atoms with Gasteiger partial charge in [-0.05, 0) is 43.4 Å². The first-order valence-corrected chi connectivity index (χ1v) is 6.91. The number of hydrogen-bond donors (Lipinski definition) is 1. The fourth-order valence-electron chi connectivity index (χ4n) is 2.94. The monoisotopic (exact) mass is 271 g/mol. The van der Waals surface area contributed by atoms with Crippen LogP contribution in [0.2, 0.25) is 0 Å². The van der Waals surface area contributed by atoms with Gasteiger partial charge in [0.25, 0.3) is 0 Å². The van der Waals surface area contributed by atoms with Crippen LogP contribution in [0.4, 0.5) is 13.2 Å². The number of halogens is 3. The second kappa shape index (κ2) is 5.95. The number of alkyl halides is 3. The molecule has 1 fully saturated rings. The zero-order chi connectivity index (χ0) is 13.9. The van der Waals surface area contributed by atoms with Crippen LogP contribution in [0.15, 0.2) is 24.3 Å². The van der Waals surface area contributed by atoms with E-state index < -0.39 is 11.7 Å². The minimum atomic E-state index is -4.24. The fraction of sp³-hybridized carbons (Fsp3) is 0.600. The molecule has 1 aliphatic rings. The Balaban J connectivity index is 2.13. The van der Waals surface area contributed by atoms with E-state index in [2.05, 4.69) is 12.2 Å². The van der Waals surface area contributed by atoms with Gasteiger partial charge in [0, 0.05) is 6.04 Å². The number of benzene rings is 1. The van der Waals surface area contributed by atoms with Crippen LogP contribution in [-0.2, 0) is 6.18 Å². The summed E-state index contributed by atoms with van der Waals surface area (Å²) < 4.78 is 38.2. The van der Waals surface area contributed by atoms with Crippen molar-refractivity contribution in [1.82, 2.24) is 5.32 Å². The zero-order valence-electron chi connectivity index (χ0n) is 11.1. The van der Waals surface area contributed by atoms with Gasteiger partial charge in [-0.3, -0.25) is 0 Å². The predicted octanol–water partition coefficient (Wildman–Crippen LogP) is 4.34. The second-order valence-corrected chi connectivity index (χ2v) is 5.24. The van der Waals surface area contributed by atoms with E-state index in [1.54, 1.807) is 0 Å². The van der Waals surface area contributed by atoms with E-state index in [1.807, 2.05) is 6.07 Å². The van der Waals surface area contributed by atoms with Crippen LogP contribution >= 0.6 is 0 Å². The van der Waals surface area contributed by atoms with Crippen molar-refractivity contribution in [3.8, 4) is 0 Å². The highest BCUT2D eigenvalue weighted by Gasteiger charge is 2.31. The molecule has 4 heteroatoms. The first-order valence-electron chi connectivity index (χ1n) is 6.91. The summed E-state index contributed by atoms with van der Waals surface area (Å²) in [6.45, 7) is 2.98. The van der Waals surface area contributed by atoms with Gasteiger partial charge >= 0.3 is 6.18 Å². The van der Waals surface area contributed by atoms with Gasteiger partial charge in [-0.25, -0.2) is 0 Å². The molecule has 1 saturated carbocycles. The van der Waals surface area contributed by atoms with Crippen LogP contribution in [0.5, 0.6) is 0 Å². The highest BCUT2D eigenvalue weighted by molar-refractivity contribution is 5.28. The van der Waals surface area contributed by atoms with Gasteiger partial charge in [0.15, 0.2) is 0 Å². The Labute approximate surface area is 112 Å². The lowest BCUT2D eigenvalue weighted by Gasteiger charge is -2.30. The molecule has 1 aromatic rings. The summed E-state index contributed by atoms with van der Waals surface area (Å²) in [6, 6.07) is 6.26. The van der Waals surface area contributed by atoms with Crippen LogP contribution in [0.1, 0.15) is 49.7 Å². The van der Waals surface area contributed by atoms with Crippen LogP contribution in [0.25, 0.3) is 0 Å². The first-order chi connectivity index (χ1) is 9.00. The van der Waals surface area contributed by atoms with Gasteiger partial charge in [-0.1, -0.05) is 31.5 Å². The molecule has 1 aliphatic carbocycles. The summed E-state index contributed by atoms with van der Waals surface area (Å²) in [5.74, 6) is 0.250. The number of hydrogen-bond acceptors (Lipinski definition) is 1. The molecule has 0 saturated heterocycles. The van der Waals surface area contributed by atoms with E-state index in [1.165, 1.54) is 12.1 Å². The van der Waals surface area contributed by atoms with Gasteiger partial charge in [-0.2, -0.15) is 13.2 Å². The molecule has 0 aromatic heterocycles. The average Bonchev–Trinajstić information content (AvgIpc) is 2.39. The lowest BCUT2D eigenvalue weighted by Crippen LogP contribution is -2.33. The third kappa shape index (κ3) is 3.72. The van der Waals surface area contributed by atoms with Crippen molar-refractivity contribution in [2.75, 3.05) is 6.54 Å². The minimum Gasteiger partial charge on any atom is -0.314 e. The molecule has 2 unspecified atom stereocenters. The summed E-state index contributed by atoms with van der Waals surface area (Å²) in [7, 11) is 0. The summed E-state index contributed by atoms with van der Waals surface area (Å²) in [6.07, 6.45) is -0.105. The fourth-order valence-corrected chi connectivity index (χ4v) is 2.94. The Morgan fingerprint density at radius 1 is 1.26 bits per heavy atom. The molecule has 19 heavy (non-hydrogen) atoms. The van der Waals surface area contributed by atoms with Crippen LogP contribution in [-0.4, -0.2) is 12.6 Å². The van der Waals surface area contributed by atoms with Crippen molar-refractivity contribution in [2.24, 2.45) is 0 Å². The average molecular weight is 271 g/mol. The molecule has 0 radical (unpaired) electrons. The molecule has 106 valence electrons. The normalized spacial score (nSPS) is 24.4. The highest BCUT2D eigenvalue weighted by Crippen LogP contribution is 2.36. The zero-order valence-corrected chi connectivity index (χ0v) is 11.1. The molecule has 2 rings (SSSR count). The van der Waals surface area contributed by atoms with E-state index in [0.29, 0.717) is 6.04 Å². The summed E-state index contributed by atoms with van der Waals surface area (Å²) in [5, 5.41) is 3.41. The Bertz CT molecular complexity index is 412. The Morgan fingerprint density at radius 3 is 2.74 bits per heavy atom. The Hall–Kier alpha value is -1.03. The van der Waals surface area contributed by atoms with E-state index in [4.69, 9.17) is 0 Å². The summed E-state index contributed by atoms with van der Waals surface area (Å²) in [5.41, 5.74) is 0.299. The van der Waals surface area contributed by atoms with Gasteiger partial charge in [0.1, 0.15) is 0 Å². The smallest absolute Gasteiger partial charge is 0.314 e. The first kappa shape index (κ1) is 14.4. The molecule has 1 N–H and O–H groups in total. The van der Waals surface area contributed by atoms with Crippen molar-refractivity contribution >= 4 is 0 Å². The Morgan fingerprint density at radius 2 is 2.05 bits per heavy atom. The highest BCUT2D eigenvalue weighted by atomic mass is 19.4. The third-order valence-electron chi connectivity index (χ3n) is 3.85. The third-order valence-corrected chi connectivity index (χ3v) is 3.85. The quantitative estimate of drug-likeness (QED) is 0.862. The number of rotatable bonds is 3. The van der Waals surface area contributed by atoms with Crippen LogP contribution < -0.4 is 5.32 Å². The van der Waals surface area contributed by atoms with Crippen molar-refractivity contribution < 1.29 is 13.2 Å². The van der Waals surface area contributed by atoms with Crippen molar-refractivity contribution in [3.63, 3.8) is 0 Å². The van der Waals surface area contributed by atoms with Crippen LogP contribution in [0, 0.1) is 0 Å². The molecule has 0 aliphatic heterocycles. The van der Waals surface area contributed by atoms with E-state index in [9.17, 15) is 13.2 Å². The second-order valence-electron chi connectivity index (χ2n) is 5.24. The van der Waals surface area contributed by atoms with Crippen molar-refractivity contribution in [3.05, 3.63) is 35.4 Å². The molecule has 1 nitrogen and oxygen atoms in total. The molecule has 0 bridgehead atoms. The van der Waals surface area contributed by atoms with E-state index in [0.717, 1.165) is 43.9 Å². The summed E-state index contributed by atoms with van der Waals surface area (Å²) >= 11 is 0. The maximum Gasteiger partial charge on any atom is 0.416 e. The molecule has 0 heterocycles. The van der Waals surface area contributed by atoms with Gasteiger partial charge < -0.3 is 5.32 Å². The van der Waals surface area contributed by atoms with E-state index >= 15 is 0 Å². The van der Waals surface area contributed by atoms with Gasteiger partial charge in [-0.15, -0.1) is 0 Å². The molecular weight excluding hydrogens is 251 g/mol. The standard InChI is InChI=1S/C15H20F3N/c1-2-19-14-8-4-6-12(10-14)11-5-3-7-13(9-11)15(16,17)18/h3,5,7,9,12,14,19H,2,4,6,8,10H2,1H3. The summed E-state index contributed by atoms with van der Waals surface area (Å²) in [4.78, 5) is 0.